The van der Waals surface area contributed by atoms with Gasteiger partial charge in [0.2, 0.25) is 0 Å². The Labute approximate surface area is 180 Å². The molecule has 3 aromatic carbocycles. The molecule has 0 spiro atoms. The van der Waals surface area contributed by atoms with Crippen molar-refractivity contribution >= 4 is 28.0 Å². The summed E-state index contributed by atoms with van der Waals surface area (Å²) in [7, 11) is 1.85. The van der Waals surface area contributed by atoms with Crippen molar-refractivity contribution in [3.63, 3.8) is 0 Å². The molecule has 0 atom stereocenters. The third-order valence-electron chi connectivity index (χ3n) is 5.08. The number of ether oxygens (including phenoxy) is 1. The average molecular weight is 417 g/mol. The number of amides is 1. The van der Waals surface area contributed by atoms with Crippen molar-refractivity contribution in [2.45, 2.75) is 20.0 Å². The van der Waals surface area contributed by atoms with E-state index in [1.165, 1.54) is 16.3 Å². The van der Waals surface area contributed by atoms with Crippen LogP contribution in [0.1, 0.15) is 26.6 Å². The first-order chi connectivity index (χ1) is 14.6. The van der Waals surface area contributed by atoms with E-state index in [9.17, 15) is 4.79 Å². The Kier molecular flexibility index (Phi) is 6.10. The minimum Gasteiger partial charge on any atom is -0.487 e. The van der Waals surface area contributed by atoms with Gasteiger partial charge in [-0.1, -0.05) is 48.5 Å². The van der Waals surface area contributed by atoms with Gasteiger partial charge in [0.25, 0.3) is 5.91 Å². The zero-order valence-electron chi connectivity index (χ0n) is 17.2. The van der Waals surface area contributed by atoms with E-state index in [0.29, 0.717) is 24.5 Å². The minimum absolute atomic E-state index is 0.00908. The summed E-state index contributed by atoms with van der Waals surface area (Å²) >= 11 is 1.60. The fourth-order valence-electron chi connectivity index (χ4n) is 3.47. The van der Waals surface area contributed by atoms with E-state index in [0.717, 1.165) is 17.1 Å². The highest BCUT2D eigenvalue weighted by Crippen LogP contribution is 2.20. The molecular formula is C25H24N2O2S. The van der Waals surface area contributed by atoms with Gasteiger partial charge in [0.15, 0.2) is 0 Å². The van der Waals surface area contributed by atoms with Crippen LogP contribution in [0.4, 0.5) is 0 Å². The molecule has 30 heavy (non-hydrogen) atoms. The maximum absolute atomic E-state index is 12.9. The molecular weight excluding hydrogens is 392 g/mol. The summed E-state index contributed by atoms with van der Waals surface area (Å²) in [5.74, 6) is 0.666. The first-order valence-electron chi connectivity index (χ1n) is 9.96. The predicted octanol–water partition coefficient (Wildman–Crippen LogP) is 5.50. The summed E-state index contributed by atoms with van der Waals surface area (Å²) in [5, 5.41) is 5.48. The highest BCUT2D eigenvalue weighted by molar-refractivity contribution is 7.09. The minimum atomic E-state index is -0.00908. The molecule has 0 radical (unpaired) electrons. The lowest BCUT2D eigenvalue weighted by molar-refractivity contribution is 0.0796. The first kappa shape index (κ1) is 20.1. The molecule has 152 valence electrons. The van der Waals surface area contributed by atoms with Crippen molar-refractivity contribution in [2.24, 2.45) is 0 Å². The maximum Gasteiger partial charge on any atom is 0.253 e. The van der Waals surface area contributed by atoms with Gasteiger partial charge in [0, 0.05) is 24.5 Å². The van der Waals surface area contributed by atoms with Crippen molar-refractivity contribution in [2.75, 3.05) is 13.6 Å². The van der Waals surface area contributed by atoms with E-state index in [4.69, 9.17) is 4.74 Å². The highest BCUT2D eigenvalue weighted by atomic mass is 32.1. The lowest BCUT2D eigenvalue weighted by Crippen LogP contribution is -2.28. The fourth-order valence-corrected chi connectivity index (χ4v) is 4.07. The van der Waals surface area contributed by atoms with E-state index < -0.39 is 0 Å². The van der Waals surface area contributed by atoms with Crippen LogP contribution in [0, 0.1) is 6.92 Å². The summed E-state index contributed by atoms with van der Waals surface area (Å²) in [4.78, 5) is 19.1. The van der Waals surface area contributed by atoms with Gasteiger partial charge in [-0.15, -0.1) is 11.3 Å². The molecule has 1 heterocycles. The zero-order valence-corrected chi connectivity index (χ0v) is 18.0. The van der Waals surface area contributed by atoms with E-state index >= 15 is 0 Å². The van der Waals surface area contributed by atoms with Crippen molar-refractivity contribution < 1.29 is 9.53 Å². The van der Waals surface area contributed by atoms with Crippen LogP contribution < -0.4 is 4.74 Å². The van der Waals surface area contributed by atoms with Gasteiger partial charge in [-0.05, 0) is 47.9 Å². The van der Waals surface area contributed by atoms with Crippen molar-refractivity contribution in [1.29, 1.82) is 0 Å². The molecule has 1 amide bonds. The van der Waals surface area contributed by atoms with E-state index in [2.05, 4.69) is 41.4 Å². The molecule has 1 aromatic heterocycles. The second-order valence-electron chi connectivity index (χ2n) is 7.29. The quantitative estimate of drug-likeness (QED) is 0.400. The van der Waals surface area contributed by atoms with Crippen LogP contribution >= 0.6 is 11.3 Å². The number of rotatable bonds is 7. The lowest BCUT2D eigenvalue weighted by atomic mass is 10.0. The maximum atomic E-state index is 12.9. The molecule has 0 saturated heterocycles. The van der Waals surface area contributed by atoms with Gasteiger partial charge in [0.1, 0.15) is 12.4 Å². The molecule has 5 heteroatoms. The number of hydrogen-bond donors (Lipinski definition) is 0. The van der Waals surface area contributed by atoms with Gasteiger partial charge >= 0.3 is 0 Å². The van der Waals surface area contributed by atoms with Crippen LogP contribution in [0.15, 0.2) is 72.1 Å². The molecule has 4 aromatic rings. The topological polar surface area (TPSA) is 42.4 Å². The predicted molar refractivity (Wildman–Crippen MR) is 122 cm³/mol. The number of hydrogen-bond acceptors (Lipinski definition) is 4. The smallest absolute Gasteiger partial charge is 0.253 e. The van der Waals surface area contributed by atoms with Gasteiger partial charge in [-0.3, -0.25) is 4.79 Å². The van der Waals surface area contributed by atoms with Crippen LogP contribution in [-0.4, -0.2) is 29.4 Å². The van der Waals surface area contributed by atoms with Crippen molar-refractivity contribution in [3.8, 4) is 5.75 Å². The summed E-state index contributed by atoms with van der Waals surface area (Å²) in [6.07, 6.45) is 0.808. The third kappa shape index (κ3) is 4.69. The number of fused-ring (bicyclic) bond motifs is 1. The van der Waals surface area contributed by atoms with Crippen LogP contribution in [0.5, 0.6) is 5.75 Å². The second kappa shape index (κ2) is 9.09. The standard InChI is InChI=1S/C25H24N2O2S/c1-18-26-22(17-30-18)16-29-23-11-6-10-21(15-23)25(28)27(2)14-13-20-9-5-8-19-7-3-4-12-24(19)20/h3-12,15,17H,13-14,16H2,1-2H3. The van der Waals surface area contributed by atoms with Crippen molar-refractivity contribution in [3.05, 3.63) is 93.9 Å². The summed E-state index contributed by atoms with van der Waals surface area (Å²) < 4.78 is 5.83. The van der Waals surface area contributed by atoms with E-state index in [1.807, 2.05) is 43.6 Å². The highest BCUT2D eigenvalue weighted by Gasteiger charge is 2.13. The molecule has 0 fully saturated rings. The fraction of sp³-hybridized carbons (Fsp3) is 0.200. The van der Waals surface area contributed by atoms with Crippen LogP contribution in [0.2, 0.25) is 0 Å². The van der Waals surface area contributed by atoms with Gasteiger partial charge in [-0.25, -0.2) is 4.98 Å². The number of nitrogens with zero attached hydrogens (tertiary/aromatic N) is 2. The van der Waals surface area contributed by atoms with Crippen LogP contribution in [0.3, 0.4) is 0 Å². The molecule has 0 aliphatic rings. The van der Waals surface area contributed by atoms with Crippen LogP contribution in [-0.2, 0) is 13.0 Å². The number of likely N-dealkylation sites (N-methyl/N-ethyl adjacent to an activating group) is 1. The Hall–Kier alpha value is -3.18. The number of benzene rings is 3. The number of aromatic nitrogens is 1. The SMILES string of the molecule is Cc1nc(COc2cccc(C(=O)N(C)CCc3cccc4ccccc34)c2)cs1. The Morgan fingerprint density at radius 1 is 1.07 bits per heavy atom. The Bertz CT molecular complexity index is 1160. The second-order valence-corrected chi connectivity index (χ2v) is 8.35. The lowest BCUT2D eigenvalue weighted by Gasteiger charge is -2.18. The van der Waals surface area contributed by atoms with Crippen molar-refractivity contribution in [1.82, 2.24) is 9.88 Å². The molecule has 0 aliphatic heterocycles. The summed E-state index contributed by atoms with van der Waals surface area (Å²) in [6.45, 7) is 3.02. The average Bonchev–Trinajstić information content (AvgIpc) is 3.20. The molecule has 4 rings (SSSR count). The number of thiazole rings is 1. The molecule has 0 unspecified atom stereocenters. The Morgan fingerprint density at radius 2 is 1.87 bits per heavy atom. The number of carbonyl (C=O) groups excluding carboxylic acids is 1. The monoisotopic (exact) mass is 416 g/mol. The Morgan fingerprint density at radius 3 is 2.70 bits per heavy atom. The number of carbonyl (C=O) groups is 1. The third-order valence-corrected chi connectivity index (χ3v) is 5.90. The van der Waals surface area contributed by atoms with Gasteiger partial charge in [-0.2, -0.15) is 0 Å². The summed E-state index contributed by atoms with van der Waals surface area (Å²) in [6, 6.07) is 22.0. The molecule has 0 N–H and O–H groups in total. The van der Waals surface area contributed by atoms with E-state index in [1.54, 1.807) is 22.3 Å². The van der Waals surface area contributed by atoms with Gasteiger partial charge < -0.3 is 9.64 Å². The normalized spacial score (nSPS) is 10.9. The Balaban J connectivity index is 1.39. The number of aryl methyl sites for hydroxylation is 1. The zero-order chi connectivity index (χ0) is 20.9. The molecule has 4 nitrogen and oxygen atoms in total. The molecule has 0 aliphatic carbocycles. The largest absolute Gasteiger partial charge is 0.487 e. The van der Waals surface area contributed by atoms with E-state index in [-0.39, 0.29) is 5.91 Å². The van der Waals surface area contributed by atoms with Crippen LogP contribution in [0.25, 0.3) is 10.8 Å². The first-order valence-corrected chi connectivity index (χ1v) is 10.8. The molecule has 0 saturated carbocycles. The summed E-state index contributed by atoms with van der Waals surface area (Å²) in [5.41, 5.74) is 2.78. The molecule has 0 bridgehead atoms. The van der Waals surface area contributed by atoms with Gasteiger partial charge in [0.05, 0.1) is 10.7 Å².